The second-order valence-corrected chi connectivity index (χ2v) is 4.01. The van der Waals surface area contributed by atoms with Gasteiger partial charge in [0.15, 0.2) is 0 Å². The van der Waals surface area contributed by atoms with Crippen LogP contribution in [0.2, 0.25) is 0 Å². The average Bonchev–Trinajstić information content (AvgIpc) is 2.91. The van der Waals surface area contributed by atoms with Crippen molar-refractivity contribution < 1.29 is 9.47 Å². The highest BCUT2D eigenvalue weighted by molar-refractivity contribution is 5.38. The number of hydrogen-bond acceptors (Lipinski definition) is 5. The molecule has 2 heterocycles. The summed E-state index contributed by atoms with van der Waals surface area (Å²) in [6, 6.07) is 5.70. The second-order valence-electron chi connectivity index (χ2n) is 4.01. The minimum Gasteiger partial charge on any atom is -0.481 e. The first-order chi connectivity index (χ1) is 9.31. The zero-order chi connectivity index (χ0) is 13.5. The van der Waals surface area contributed by atoms with E-state index in [0.29, 0.717) is 19.0 Å². The van der Waals surface area contributed by atoms with Crippen LogP contribution in [0.25, 0.3) is 0 Å². The van der Waals surface area contributed by atoms with Crippen LogP contribution in [-0.2, 0) is 17.8 Å². The van der Waals surface area contributed by atoms with Crippen LogP contribution in [0.4, 0.5) is 5.69 Å². The van der Waals surface area contributed by atoms with Crippen molar-refractivity contribution in [3.63, 3.8) is 0 Å². The van der Waals surface area contributed by atoms with E-state index in [4.69, 9.17) is 9.47 Å². The van der Waals surface area contributed by atoms with E-state index in [2.05, 4.69) is 15.4 Å². The molecule has 0 aliphatic heterocycles. The third-order valence-corrected chi connectivity index (χ3v) is 2.62. The van der Waals surface area contributed by atoms with Crippen molar-refractivity contribution in [1.82, 2.24) is 14.8 Å². The van der Waals surface area contributed by atoms with Crippen LogP contribution in [0.1, 0.15) is 5.69 Å². The zero-order valence-electron chi connectivity index (χ0n) is 11.2. The Morgan fingerprint density at radius 3 is 3.00 bits per heavy atom. The van der Waals surface area contributed by atoms with E-state index in [1.54, 1.807) is 20.4 Å². The summed E-state index contributed by atoms with van der Waals surface area (Å²) in [5, 5.41) is 7.50. The molecule has 2 aromatic rings. The van der Waals surface area contributed by atoms with Crippen molar-refractivity contribution >= 4 is 5.69 Å². The minimum atomic E-state index is 0.620. The first-order valence-corrected chi connectivity index (χ1v) is 6.07. The molecule has 102 valence electrons. The average molecular weight is 262 g/mol. The molecule has 0 saturated heterocycles. The summed E-state index contributed by atoms with van der Waals surface area (Å²) in [6.07, 6.45) is 3.73. The lowest BCUT2D eigenvalue weighted by Crippen LogP contribution is -2.04. The monoisotopic (exact) mass is 262 g/mol. The molecule has 0 bridgehead atoms. The third kappa shape index (κ3) is 3.96. The topological polar surface area (TPSA) is 61.2 Å². The van der Waals surface area contributed by atoms with Gasteiger partial charge in [-0.2, -0.15) is 5.10 Å². The van der Waals surface area contributed by atoms with Gasteiger partial charge < -0.3 is 14.8 Å². The Kier molecular flexibility index (Phi) is 4.74. The molecule has 0 aliphatic rings. The summed E-state index contributed by atoms with van der Waals surface area (Å²) in [7, 11) is 3.29. The number of pyridine rings is 1. The highest BCUT2D eigenvalue weighted by Gasteiger charge is 2.00. The number of anilines is 1. The first-order valence-electron chi connectivity index (χ1n) is 6.07. The molecule has 0 saturated carbocycles. The maximum absolute atomic E-state index is 5.09. The normalized spacial score (nSPS) is 10.4. The summed E-state index contributed by atoms with van der Waals surface area (Å²) in [5.74, 6) is 0.620. The summed E-state index contributed by atoms with van der Waals surface area (Å²) >= 11 is 0. The van der Waals surface area contributed by atoms with Gasteiger partial charge in [0.2, 0.25) is 5.88 Å². The smallest absolute Gasteiger partial charge is 0.213 e. The summed E-state index contributed by atoms with van der Waals surface area (Å²) in [6.45, 7) is 2.03. The van der Waals surface area contributed by atoms with Gasteiger partial charge in [-0.15, -0.1) is 0 Å². The summed E-state index contributed by atoms with van der Waals surface area (Å²) in [4.78, 5) is 4.33. The molecular formula is C13H18N4O2. The highest BCUT2D eigenvalue weighted by Crippen LogP contribution is 2.10. The molecule has 0 radical (unpaired) electrons. The van der Waals surface area contributed by atoms with Gasteiger partial charge in [0.25, 0.3) is 0 Å². The number of nitrogens with one attached hydrogen (secondary N) is 1. The number of ether oxygens (including phenoxy) is 2. The largest absolute Gasteiger partial charge is 0.481 e. The van der Waals surface area contributed by atoms with Crippen LogP contribution in [0.15, 0.2) is 30.6 Å². The second kappa shape index (κ2) is 6.75. The fraction of sp³-hybridized carbons (Fsp3) is 0.385. The van der Waals surface area contributed by atoms with Gasteiger partial charge in [-0.1, -0.05) is 6.07 Å². The lowest BCUT2D eigenvalue weighted by Gasteiger charge is -2.04. The predicted octanol–water partition coefficient (Wildman–Crippen LogP) is 1.55. The van der Waals surface area contributed by atoms with Crippen molar-refractivity contribution in [2.24, 2.45) is 0 Å². The Labute approximate surface area is 112 Å². The molecule has 0 aliphatic carbocycles. The van der Waals surface area contributed by atoms with E-state index in [9.17, 15) is 0 Å². The minimum absolute atomic E-state index is 0.620. The molecule has 2 rings (SSSR count). The fourth-order valence-corrected chi connectivity index (χ4v) is 1.62. The quantitative estimate of drug-likeness (QED) is 0.820. The standard InChI is InChI=1S/C13H18N4O2/c1-18-7-6-17-10-12(9-15-17)14-8-11-4-3-5-13(16-11)19-2/h3-5,9-10,14H,6-8H2,1-2H3. The van der Waals surface area contributed by atoms with Gasteiger partial charge in [-0.05, 0) is 6.07 Å². The van der Waals surface area contributed by atoms with Crippen molar-refractivity contribution in [3.05, 3.63) is 36.3 Å². The molecule has 0 unspecified atom stereocenters. The lowest BCUT2D eigenvalue weighted by atomic mass is 10.3. The van der Waals surface area contributed by atoms with Crippen molar-refractivity contribution in [3.8, 4) is 5.88 Å². The van der Waals surface area contributed by atoms with E-state index in [0.717, 1.165) is 17.9 Å². The Morgan fingerprint density at radius 1 is 1.32 bits per heavy atom. The van der Waals surface area contributed by atoms with Crippen LogP contribution < -0.4 is 10.1 Å². The van der Waals surface area contributed by atoms with Gasteiger partial charge in [-0.3, -0.25) is 4.68 Å². The molecule has 6 heteroatoms. The van der Waals surface area contributed by atoms with Gasteiger partial charge >= 0.3 is 0 Å². The predicted molar refractivity (Wildman–Crippen MR) is 72.2 cm³/mol. The number of hydrogen-bond donors (Lipinski definition) is 1. The van der Waals surface area contributed by atoms with E-state index in [1.165, 1.54) is 0 Å². The van der Waals surface area contributed by atoms with Crippen molar-refractivity contribution in [2.45, 2.75) is 13.1 Å². The molecule has 0 atom stereocenters. The fourth-order valence-electron chi connectivity index (χ4n) is 1.62. The number of rotatable bonds is 7. The van der Waals surface area contributed by atoms with Crippen LogP contribution in [0.3, 0.4) is 0 Å². The maximum atomic E-state index is 5.09. The SMILES string of the molecule is COCCn1cc(NCc2cccc(OC)n2)cn1. The molecule has 0 amide bonds. The maximum Gasteiger partial charge on any atom is 0.213 e. The lowest BCUT2D eigenvalue weighted by molar-refractivity contribution is 0.183. The Morgan fingerprint density at radius 2 is 2.21 bits per heavy atom. The third-order valence-electron chi connectivity index (χ3n) is 2.62. The van der Waals surface area contributed by atoms with E-state index < -0.39 is 0 Å². The highest BCUT2D eigenvalue weighted by atomic mass is 16.5. The number of aromatic nitrogens is 3. The van der Waals surface area contributed by atoms with Crippen LogP contribution >= 0.6 is 0 Å². The van der Waals surface area contributed by atoms with E-state index in [1.807, 2.05) is 29.1 Å². The summed E-state index contributed by atoms with van der Waals surface area (Å²) < 4.78 is 11.9. The van der Waals surface area contributed by atoms with Gasteiger partial charge in [0.05, 0.1) is 44.4 Å². The molecule has 0 spiro atoms. The van der Waals surface area contributed by atoms with E-state index >= 15 is 0 Å². The zero-order valence-corrected chi connectivity index (χ0v) is 11.2. The Hall–Kier alpha value is -2.08. The van der Waals surface area contributed by atoms with Crippen LogP contribution in [-0.4, -0.2) is 35.6 Å². The molecule has 1 N–H and O–H groups in total. The number of methoxy groups -OCH3 is 2. The van der Waals surface area contributed by atoms with Crippen LogP contribution in [0, 0.1) is 0 Å². The molecule has 2 aromatic heterocycles. The Balaban J connectivity index is 1.89. The van der Waals surface area contributed by atoms with Gasteiger partial charge in [-0.25, -0.2) is 4.98 Å². The van der Waals surface area contributed by atoms with Gasteiger partial charge in [0.1, 0.15) is 0 Å². The Bertz CT molecular complexity index is 513. The molecule has 0 aromatic carbocycles. The molecule has 19 heavy (non-hydrogen) atoms. The van der Waals surface area contributed by atoms with E-state index in [-0.39, 0.29) is 0 Å². The van der Waals surface area contributed by atoms with Crippen LogP contribution in [0.5, 0.6) is 5.88 Å². The first kappa shape index (κ1) is 13.4. The molecular weight excluding hydrogens is 244 g/mol. The molecule has 0 fully saturated rings. The summed E-state index contributed by atoms with van der Waals surface area (Å²) in [5.41, 5.74) is 1.88. The number of nitrogens with zero attached hydrogens (tertiary/aromatic N) is 3. The molecule has 6 nitrogen and oxygen atoms in total. The van der Waals surface area contributed by atoms with Crippen molar-refractivity contribution in [2.75, 3.05) is 26.1 Å². The van der Waals surface area contributed by atoms with Gasteiger partial charge in [0, 0.05) is 19.4 Å². The van der Waals surface area contributed by atoms with Crippen molar-refractivity contribution in [1.29, 1.82) is 0 Å².